The summed E-state index contributed by atoms with van der Waals surface area (Å²) in [7, 11) is 0. The fourth-order valence-corrected chi connectivity index (χ4v) is 4.67. The zero-order valence-electron chi connectivity index (χ0n) is 15.5. The van der Waals surface area contributed by atoms with Crippen LogP contribution in [0.2, 0.25) is 0 Å². The number of carbonyl (C=O) groups excluding carboxylic acids is 1. The molecule has 0 amide bonds. The molecule has 2 N–H and O–H groups in total. The van der Waals surface area contributed by atoms with Crippen molar-refractivity contribution in [3.8, 4) is 0 Å². The minimum atomic E-state index is -0.891. The predicted octanol–water partition coefficient (Wildman–Crippen LogP) is 3.72. The number of carbonyl (C=O) groups is 2. The van der Waals surface area contributed by atoms with Crippen LogP contribution in [0.4, 0.5) is 0 Å². The smallest absolute Gasteiger partial charge is 0.303 e. The van der Waals surface area contributed by atoms with Crippen molar-refractivity contribution >= 4 is 11.8 Å². The van der Waals surface area contributed by atoms with E-state index in [1.165, 1.54) is 19.3 Å². The molecule has 0 radical (unpaired) electrons. The first-order valence-electron chi connectivity index (χ1n) is 10.1. The summed E-state index contributed by atoms with van der Waals surface area (Å²) in [6.45, 7) is 2.59. The fraction of sp³-hybridized carbons (Fsp3) is 0.900. The Kier molecular flexibility index (Phi) is 7.88. The van der Waals surface area contributed by atoms with Crippen molar-refractivity contribution in [3.05, 3.63) is 0 Å². The van der Waals surface area contributed by atoms with Crippen molar-refractivity contribution in [1.29, 1.82) is 0 Å². The summed E-state index contributed by atoms with van der Waals surface area (Å²) in [6.07, 6.45) is 9.84. The summed E-state index contributed by atoms with van der Waals surface area (Å²) in [4.78, 5) is 23.1. The number of ether oxygens (including phenoxy) is 1. The van der Waals surface area contributed by atoms with Crippen LogP contribution in [0.15, 0.2) is 0 Å². The molecule has 0 aromatic heterocycles. The van der Waals surface area contributed by atoms with Crippen molar-refractivity contribution in [3.63, 3.8) is 0 Å². The highest BCUT2D eigenvalue weighted by atomic mass is 16.5. The van der Waals surface area contributed by atoms with E-state index in [1.807, 2.05) is 0 Å². The van der Waals surface area contributed by atoms with Gasteiger partial charge >= 0.3 is 5.97 Å². The number of aliphatic hydroxyl groups is 1. The average Bonchev–Trinajstić information content (AvgIpc) is 3.03. The van der Waals surface area contributed by atoms with Gasteiger partial charge in [0, 0.05) is 31.8 Å². The lowest BCUT2D eigenvalue weighted by Gasteiger charge is -2.29. The molecular weight excluding hydrogens is 320 g/mol. The summed E-state index contributed by atoms with van der Waals surface area (Å²) >= 11 is 0. The van der Waals surface area contributed by atoms with Gasteiger partial charge in [0.2, 0.25) is 0 Å². The van der Waals surface area contributed by atoms with E-state index in [4.69, 9.17) is 9.84 Å². The first kappa shape index (κ1) is 20.4. The minimum absolute atomic E-state index is 0.0380. The van der Waals surface area contributed by atoms with Gasteiger partial charge in [0.15, 0.2) is 0 Å². The normalized spacial score (nSPS) is 31.2. The van der Waals surface area contributed by atoms with Gasteiger partial charge in [-0.25, -0.2) is 0 Å². The number of carboxylic acids is 1. The Labute approximate surface area is 151 Å². The summed E-state index contributed by atoms with van der Waals surface area (Å²) in [5.74, 6) is -0.648. The molecular formula is C20H34O5. The van der Waals surface area contributed by atoms with Crippen LogP contribution in [0.5, 0.6) is 0 Å². The molecule has 2 saturated carbocycles. The molecule has 2 aliphatic carbocycles. The zero-order valence-corrected chi connectivity index (χ0v) is 15.5. The molecule has 0 spiro atoms. The summed E-state index contributed by atoms with van der Waals surface area (Å²) in [5.41, 5.74) is -0.891. The van der Waals surface area contributed by atoms with Gasteiger partial charge in [-0.2, -0.15) is 0 Å². The molecule has 2 aliphatic rings. The Morgan fingerprint density at radius 2 is 1.84 bits per heavy atom. The van der Waals surface area contributed by atoms with Crippen LogP contribution >= 0.6 is 0 Å². The molecule has 0 aliphatic heterocycles. The number of unbranched alkanes of at least 4 members (excludes halogenated alkanes) is 4. The number of hydrogen-bond acceptors (Lipinski definition) is 4. The number of carboxylic acid groups (broad SMARTS) is 1. The van der Waals surface area contributed by atoms with Gasteiger partial charge in [0.05, 0.1) is 11.7 Å². The molecule has 25 heavy (non-hydrogen) atoms. The molecule has 0 heterocycles. The lowest BCUT2D eigenvalue weighted by Crippen LogP contribution is -2.40. The number of aliphatic carboxylic acids is 1. The third-order valence-corrected chi connectivity index (χ3v) is 6.02. The lowest BCUT2D eigenvalue weighted by molar-refractivity contribution is -0.138. The molecule has 2 rings (SSSR count). The Morgan fingerprint density at radius 3 is 2.56 bits per heavy atom. The maximum absolute atomic E-state index is 12.6. The maximum Gasteiger partial charge on any atom is 0.303 e. The Balaban J connectivity index is 1.75. The van der Waals surface area contributed by atoms with Crippen LogP contribution in [0.1, 0.15) is 84.0 Å². The SMILES string of the molecule is CCCCCCCC(=O)[C@@H]1CC[C@H]2C[C@@H](OCCCC(=O)O)C[C@]21O. The van der Waals surface area contributed by atoms with Gasteiger partial charge in [-0.1, -0.05) is 32.6 Å². The van der Waals surface area contributed by atoms with Gasteiger partial charge in [0.25, 0.3) is 0 Å². The lowest BCUT2D eigenvalue weighted by atomic mass is 9.82. The second-order valence-corrected chi connectivity index (χ2v) is 7.88. The van der Waals surface area contributed by atoms with Gasteiger partial charge in [0.1, 0.15) is 5.78 Å². The van der Waals surface area contributed by atoms with Gasteiger partial charge in [-0.05, 0) is 38.0 Å². The highest BCUT2D eigenvalue weighted by Gasteiger charge is 2.56. The van der Waals surface area contributed by atoms with Crippen LogP contribution in [0.25, 0.3) is 0 Å². The molecule has 2 fully saturated rings. The maximum atomic E-state index is 12.6. The van der Waals surface area contributed by atoms with Crippen molar-refractivity contribution in [2.24, 2.45) is 11.8 Å². The van der Waals surface area contributed by atoms with Crippen LogP contribution in [-0.2, 0) is 14.3 Å². The summed E-state index contributed by atoms with van der Waals surface area (Å²) in [5, 5.41) is 19.8. The topological polar surface area (TPSA) is 83.8 Å². The van der Waals surface area contributed by atoms with Gasteiger partial charge < -0.3 is 14.9 Å². The standard InChI is InChI=1S/C20H34O5/c1-2-3-4-5-6-8-18(21)17-11-10-15-13-16(14-20(15,17)24)25-12-7-9-19(22)23/h15-17,24H,2-14H2,1H3,(H,22,23)/t15-,16+,17-,20-/m0/s1. The third-order valence-electron chi connectivity index (χ3n) is 6.02. The molecule has 5 nitrogen and oxygen atoms in total. The number of fused-ring (bicyclic) bond motifs is 1. The van der Waals surface area contributed by atoms with Crippen molar-refractivity contribution in [2.75, 3.05) is 6.61 Å². The van der Waals surface area contributed by atoms with E-state index in [0.29, 0.717) is 25.9 Å². The zero-order chi connectivity index (χ0) is 18.3. The van der Waals surface area contributed by atoms with Gasteiger partial charge in [-0.3, -0.25) is 9.59 Å². The number of Topliss-reactive ketones (excluding diaryl/α,β-unsaturated/α-hetero) is 1. The Morgan fingerprint density at radius 1 is 1.08 bits per heavy atom. The molecule has 0 aromatic rings. The van der Waals surface area contributed by atoms with Crippen molar-refractivity contribution < 1.29 is 24.5 Å². The van der Waals surface area contributed by atoms with E-state index in [1.54, 1.807) is 0 Å². The van der Waals surface area contributed by atoms with Crippen LogP contribution < -0.4 is 0 Å². The van der Waals surface area contributed by atoms with Crippen molar-refractivity contribution in [1.82, 2.24) is 0 Å². The first-order valence-corrected chi connectivity index (χ1v) is 10.1. The summed E-state index contributed by atoms with van der Waals surface area (Å²) < 4.78 is 5.77. The molecule has 0 unspecified atom stereocenters. The second kappa shape index (κ2) is 9.67. The highest BCUT2D eigenvalue weighted by Crippen LogP contribution is 2.52. The Hall–Kier alpha value is -0.940. The molecule has 0 aromatic carbocycles. The minimum Gasteiger partial charge on any atom is -0.481 e. The number of rotatable bonds is 12. The summed E-state index contributed by atoms with van der Waals surface area (Å²) in [6, 6.07) is 0. The van der Waals surface area contributed by atoms with Gasteiger partial charge in [-0.15, -0.1) is 0 Å². The van der Waals surface area contributed by atoms with Crippen LogP contribution in [-0.4, -0.2) is 40.3 Å². The first-order chi connectivity index (χ1) is 12.0. The second-order valence-electron chi connectivity index (χ2n) is 7.88. The van der Waals surface area contributed by atoms with Crippen LogP contribution in [0, 0.1) is 11.8 Å². The van der Waals surface area contributed by atoms with E-state index >= 15 is 0 Å². The van der Waals surface area contributed by atoms with E-state index in [9.17, 15) is 14.7 Å². The largest absolute Gasteiger partial charge is 0.481 e. The monoisotopic (exact) mass is 354 g/mol. The molecule has 5 heteroatoms. The van der Waals surface area contributed by atoms with E-state index in [-0.39, 0.29) is 30.1 Å². The number of hydrogen-bond donors (Lipinski definition) is 2. The van der Waals surface area contributed by atoms with E-state index in [2.05, 4.69) is 6.92 Å². The highest BCUT2D eigenvalue weighted by molar-refractivity contribution is 5.82. The Bertz CT molecular complexity index is 449. The van der Waals surface area contributed by atoms with E-state index < -0.39 is 11.6 Å². The van der Waals surface area contributed by atoms with Crippen molar-refractivity contribution in [2.45, 2.75) is 95.7 Å². The van der Waals surface area contributed by atoms with E-state index in [0.717, 1.165) is 32.1 Å². The average molecular weight is 354 g/mol. The molecule has 0 bridgehead atoms. The fourth-order valence-electron chi connectivity index (χ4n) is 4.67. The molecule has 0 saturated heterocycles. The molecule has 4 atom stereocenters. The quantitative estimate of drug-likeness (QED) is 0.522. The molecule has 144 valence electrons. The predicted molar refractivity (Wildman–Crippen MR) is 95.4 cm³/mol. The third kappa shape index (κ3) is 5.52. The van der Waals surface area contributed by atoms with Crippen LogP contribution in [0.3, 0.4) is 0 Å². The number of ketones is 1.